The molecule has 1 aliphatic rings. The van der Waals surface area contributed by atoms with E-state index in [0.717, 1.165) is 36.1 Å². The van der Waals surface area contributed by atoms with Gasteiger partial charge in [-0.05, 0) is 48.1 Å². The Morgan fingerprint density at radius 2 is 1.58 bits per heavy atom. The van der Waals surface area contributed by atoms with Crippen LogP contribution in [0.4, 0.5) is 0 Å². The molecule has 0 radical (unpaired) electrons. The Kier molecular flexibility index (Phi) is 9.54. The highest BCUT2D eigenvalue weighted by Crippen LogP contribution is 2.19. The number of carbonyl (C=O) groups excluding carboxylic acids is 2. The second-order valence-electron chi connectivity index (χ2n) is 9.22. The number of hydrogen-bond donors (Lipinski definition) is 1. The molecular weight excluding hydrogens is 472 g/mol. The summed E-state index contributed by atoms with van der Waals surface area (Å²) < 4.78 is 5.70. The van der Waals surface area contributed by atoms with Crippen LogP contribution in [0.3, 0.4) is 0 Å². The molecule has 36 heavy (non-hydrogen) atoms. The maximum absolute atomic E-state index is 13.7. The minimum atomic E-state index is -0.646. The molecule has 1 heterocycles. The van der Waals surface area contributed by atoms with Gasteiger partial charge in [0.15, 0.2) is 0 Å². The van der Waals surface area contributed by atoms with Gasteiger partial charge >= 0.3 is 0 Å². The molecule has 0 aliphatic carbocycles. The minimum absolute atomic E-state index is 0.0322. The zero-order chi connectivity index (χ0) is 25.2. The van der Waals surface area contributed by atoms with Crippen LogP contribution in [0.2, 0.25) is 5.02 Å². The summed E-state index contributed by atoms with van der Waals surface area (Å²) in [6.45, 7) is 1.52. The van der Waals surface area contributed by atoms with Crippen LogP contribution >= 0.6 is 11.6 Å². The second-order valence-corrected chi connectivity index (χ2v) is 9.66. The van der Waals surface area contributed by atoms with E-state index in [4.69, 9.17) is 16.3 Å². The molecule has 5 nitrogen and oxygen atoms in total. The quantitative estimate of drug-likeness (QED) is 0.390. The zero-order valence-electron chi connectivity index (χ0n) is 20.4. The highest BCUT2D eigenvalue weighted by molar-refractivity contribution is 6.30. The SMILES string of the molecule is O=C(NC[C@@H]1CCCO1)[C@H](Cc1ccccc1)N(Cc1ccc(Cl)cc1)C(=O)CCc1ccccc1. The van der Waals surface area contributed by atoms with Crippen LogP contribution in [-0.4, -0.2) is 42.0 Å². The Balaban J connectivity index is 1.57. The van der Waals surface area contributed by atoms with E-state index in [-0.39, 0.29) is 17.9 Å². The monoisotopic (exact) mass is 504 g/mol. The maximum Gasteiger partial charge on any atom is 0.243 e. The molecule has 0 spiro atoms. The first-order chi connectivity index (χ1) is 17.6. The third-order valence-electron chi connectivity index (χ3n) is 6.54. The molecule has 4 rings (SSSR count). The third-order valence-corrected chi connectivity index (χ3v) is 6.79. The van der Waals surface area contributed by atoms with Gasteiger partial charge in [-0.3, -0.25) is 9.59 Å². The average molecular weight is 505 g/mol. The summed E-state index contributed by atoms with van der Waals surface area (Å²) in [4.78, 5) is 29.0. The number of rotatable bonds is 11. The van der Waals surface area contributed by atoms with E-state index < -0.39 is 6.04 Å². The van der Waals surface area contributed by atoms with Crippen LogP contribution in [0, 0.1) is 0 Å². The van der Waals surface area contributed by atoms with Gasteiger partial charge in [0.1, 0.15) is 6.04 Å². The van der Waals surface area contributed by atoms with Crippen LogP contribution in [0.1, 0.15) is 36.0 Å². The van der Waals surface area contributed by atoms with Gasteiger partial charge in [-0.25, -0.2) is 0 Å². The highest BCUT2D eigenvalue weighted by atomic mass is 35.5. The van der Waals surface area contributed by atoms with Gasteiger partial charge in [-0.1, -0.05) is 84.4 Å². The molecule has 6 heteroatoms. The van der Waals surface area contributed by atoms with Gasteiger partial charge < -0.3 is 15.0 Å². The van der Waals surface area contributed by atoms with E-state index in [2.05, 4.69) is 5.32 Å². The number of carbonyl (C=O) groups is 2. The highest BCUT2D eigenvalue weighted by Gasteiger charge is 2.31. The molecule has 3 aromatic carbocycles. The molecule has 1 aliphatic heterocycles. The second kappa shape index (κ2) is 13.2. The molecule has 1 fully saturated rings. The van der Waals surface area contributed by atoms with Gasteiger partial charge in [0, 0.05) is 37.6 Å². The van der Waals surface area contributed by atoms with Crippen molar-refractivity contribution in [2.45, 2.75) is 50.8 Å². The number of amides is 2. The summed E-state index contributed by atoms with van der Waals surface area (Å²) in [7, 11) is 0. The fourth-order valence-corrected chi connectivity index (χ4v) is 4.64. The van der Waals surface area contributed by atoms with Crippen molar-refractivity contribution in [3.05, 3.63) is 107 Å². The first-order valence-electron chi connectivity index (χ1n) is 12.6. The zero-order valence-corrected chi connectivity index (χ0v) is 21.2. The predicted molar refractivity (Wildman–Crippen MR) is 143 cm³/mol. The summed E-state index contributed by atoms with van der Waals surface area (Å²) in [6.07, 6.45) is 3.35. The fraction of sp³-hybridized carbons (Fsp3) is 0.333. The minimum Gasteiger partial charge on any atom is -0.376 e. The van der Waals surface area contributed by atoms with Crippen LogP contribution in [-0.2, 0) is 33.7 Å². The summed E-state index contributed by atoms with van der Waals surface area (Å²) >= 11 is 6.10. The Hall–Kier alpha value is -3.15. The van der Waals surface area contributed by atoms with Crippen molar-refractivity contribution in [3.8, 4) is 0 Å². The molecule has 1 saturated heterocycles. The smallest absolute Gasteiger partial charge is 0.243 e. The van der Waals surface area contributed by atoms with E-state index in [1.165, 1.54) is 0 Å². The van der Waals surface area contributed by atoms with Crippen molar-refractivity contribution in [2.75, 3.05) is 13.2 Å². The first kappa shape index (κ1) is 25.9. The summed E-state index contributed by atoms with van der Waals surface area (Å²) in [5, 5.41) is 3.71. The lowest BCUT2D eigenvalue weighted by Crippen LogP contribution is -2.51. The molecule has 0 bridgehead atoms. The molecule has 1 N–H and O–H groups in total. The Labute approximate surface area is 218 Å². The number of nitrogens with zero attached hydrogens (tertiary/aromatic N) is 1. The summed E-state index contributed by atoms with van der Waals surface area (Å²) in [5.74, 6) is -0.210. The molecular formula is C30H33ClN2O3. The predicted octanol–water partition coefficient (Wildman–Crippen LogP) is 5.21. The fourth-order valence-electron chi connectivity index (χ4n) is 4.52. The van der Waals surface area contributed by atoms with Crippen molar-refractivity contribution >= 4 is 23.4 Å². The molecule has 0 unspecified atom stereocenters. The molecule has 3 aromatic rings. The molecule has 188 valence electrons. The van der Waals surface area contributed by atoms with Crippen LogP contribution in [0.15, 0.2) is 84.9 Å². The van der Waals surface area contributed by atoms with E-state index in [9.17, 15) is 9.59 Å². The van der Waals surface area contributed by atoms with E-state index in [1.807, 2.05) is 84.9 Å². The lowest BCUT2D eigenvalue weighted by molar-refractivity contribution is -0.141. The number of benzene rings is 3. The summed E-state index contributed by atoms with van der Waals surface area (Å²) in [5.41, 5.74) is 3.03. The molecule has 0 aromatic heterocycles. The van der Waals surface area contributed by atoms with Crippen molar-refractivity contribution in [2.24, 2.45) is 0 Å². The number of ether oxygens (including phenoxy) is 1. The first-order valence-corrected chi connectivity index (χ1v) is 13.0. The lowest BCUT2D eigenvalue weighted by Gasteiger charge is -2.32. The topological polar surface area (TPSA) is 58.6 Å². The maximum atomic E-state index is 13.7. The Morgan fingerprint density at radius 1 is 0.917 bits per heavy atom. The van der Waals surface area contributed by atoms with Gasteiger partial charge in [-0.2, -0.15) is 0 Å². The van der Waals surface area contributed by atoms with E-state index >= 15 is 0 Å². The average Bonchev–Trinajstić information content (AvgIpc) is 3.44. The van der Waals surface area contributed by atoms with Crippen LogP contribution < -0.4 is 5.32 Å². The van der Waals surface area contributed by atoms with Gasteiger partial charge in [0.2, 0.25) is 11.8 Å². The summed E-state index contributed by atoms with van der Waals surface area (Å²) in [6, 6.07) is 26.6. The standard InChI is InChI=1S/C30H33ClN2O3/c31-26-16-13-25(14-17-26)22-33(29(34)18-15-23-8-3-1-4-9-23)28(20-24-10-5-2-6-11-24)30(35)32-21-27-12-7-19-36-27/h1-6,8-11,13-14,16-17,27-28H,7,12,15,18-22H2,(H,32,35)/t27-,28-/m0/s1. The number of aryl methyl sites for hydroxylation is 1. The largest absolute Gasteiger partial charge is 0.376 e. The lowest BCUT2D eigenvalue weighted by atomic mass is 10.0. The van der Waals surface area contributed by atoms with Crippen molar-refractivity contribution in [1.82, 2.24) is 10.2 Å². The van der Waals surface area contributed by atoms with Crippen molar-refractivity contribution < 1.29 is 14.3 Å². The Bertz CT molecular complexity index is 1100. The third kappa shape index (κ3) is 7.67. The Morgan fingerprint density at radius 3 is 2.22 bits per heavy atom. The molecule has 2 atom stereocenters. The van der Waals surface area contributed by atoms with E-state index in [1.54, 1.807) is 4.90 Å². The van der Waals surface area contributed by atoms with Gasteiger partial charge in [0.25, 0.3) is 0 Å². The van der Waals surface area contributed by atoms with Gasteiger partial charge in [0.05, 0.1) is 6.10 Å². The van der Waals surface area contributed by atoms with Crippen LogP contribution in [0.5, 0.6) is 0 Å². The van der Waals surface area contributed by atoms with Crippen molar-refractivity contribution in [1.29, 1.82) is 0 Å². The normalized spacial score (nSPS) is 15.9. The van der Waals surface area contributed by atoms with E-state index in [0.29, 0.717) is 37.4 Å². The number of nitrogens with one attached hydrogen (secondary N) is 1. The molecule has 2 amide bonds. The van der Waals surface area contributed by atoms with Crippen molar-refractivity contribution in [3.63, 3.8) is 0 Å². The number of halogens is 1. The van der Waals surface area contributed by atoms with Gasteiger partial charge in [-0.15, -0.1) is 0 Å². The molecule has 0 saturated carbocycles. The van der Waals surface area contributed by atoms with Crippen LogP contribution in [0.25, 0.3) is 0 Å². The number of hydrogen-bond acceptors (Lipinski definition) is 3.